The van der Waals surface area contributed by atoms with Gasteiger partial charge in [0.05, 0.1) is 0 Å². The van der Waals surface area contributed by atoms with Crippen LogP contribution < -0.4 is 10.6 Å². The number of amides is 2. The highest BCUT2D eigenvalue weighted by molar-refractivity contribution is 8.03. The lowest BCUT2D eigenvalue weighted by Crippen LogP contribution is -2.50. The van der Waals surface area contributed by atoms with Crippen molar-refractivity contribution >= 4 is 29.4 Å². The van der Waals surface area contributed by atoms with Crippen LogP contribution in [0, 0.1) is 5.41 Å². The lowest BCUT2D eigenvalue weighted by atomic mass is 9.67. The van der Waals surface area contributed by atoms with Crippen molar-refractivity contribution < 1.29 is 4.79 Å². The molecule has 5 heteroatoms. The average molecular weight is 365 g/mol. The second kappa shape index (κ2) is 6.64. The maximum atomic E-state index is 12.2. The molecule has 0 saturated carbocycles. The first kappa shape index (κ1) is 17.7. The quantitative estimate of drug-likeness (QED) is 0.696. The van der Waals surface area contributed by atoms with Gasteiger partial charge in [-0.2, -0.15) is 0 Å². The summed E-state index contributed by atoms with van der Waals surface area (Å²) in [4.78, 5) is 13.6. The van der Waals surface area contributed by atoms with Gasteiger partial charge in [-0.3, -0.25) is 0 Å². The molecule has 2 N–H and O–H groups in total. The number of carbonyl (C=O) groups excluding carboxylic acids is 1. The maximum Gasteiger partial charge on any atom is 0.315 e. The predicted molar refractivity (Wildman–Crippen MR) is 103 cm³/mol. The Morgan fingerprint density at radius 1 is 1.42 bits per heavy atom. The van der Waals surface area contributed by atoms with Crippen molar-refractivity contribution in [3.63, 3.8) is 0 Å². The van der Waals surface area contributed by atoms with E-state index in [9.17, 15) is 4.79 Å². The molecular formula is C19H25ClN2OS. The van der Waals surface area contributed by atoms with Gasteiger partial charge in [0, 0.05) is 27.8 Å². The van der Waals surface area contributed by atoms with Crippen molar-refractivity contribution in [1.29, 1.82) is 0 Å². The van der Waals surface area contributed by atoms with Crippen molar-refractivity contribution in [1.82, 2.24) is 10.6 Å². The highest BCUT2D eigenvalue weighted by atomic mass is 35.5. The van der Waals surface area contributed by atoms with Crippen LogP contribution in [0.2, 0.25) is 0 Å². The Balaban J connectivity index is 1.85. The van der Waals surface area contributed by atoms with Crippen molar-refractivity contribution in [3.8, 4) is 0 Å². The molecule has 3 aliphatic rings. The molecule has 0 aromatic rings. The van der Waals surface area contributed by atoms with E-state index >= 15 is 0 Å². The Morgan fingerprint density at radius 3 is 2.96 bits per heavy atom. The van der Waals surface area contributed by atoms with E-state index in [1.54, 1.807) is 0 Å². The van der Waals surface area contributed by atoms with Gasteiger partial charge in [0.15, 0.2) is 0 Å². The van der Waals surface area contributed by atoms with E-state index in [0.717, 1.165) is 30.0 Å². The van der Waals surface area contributed by atoms with Crippen LogP contribution in [0.25, 0.3) is 0 Å². The fraction of sp³-hybridized carbons (Fsp3) is 0.526. The summed E-state index contributed by atoms with van der Waals surface area (Å²) in [5, 5.41) is 6.89. The summed E-state index contributed by atoms with van der Waals surface area (Å²) in [6, 6.07) is -0.104. The average Bonchev–Trinajstić information content (AvgIpc) is 2.62. The third-order valence-corrected chi connectivity index (χ3v) is 6.18. The Hall–Kier alpha value is -1.13. The predicted octanol–water partition coefficient (Wildman–Crippen LogP) is 4.87. The van der Waals surface area contributed by atoms with E-state index in [2.05, 4.69) is 41.0 Å². The van der Waals surface area contributed by atoms with Crippen molar-refractivity contribution in [2.75, 3.05) is 5.75 Å². The molecule has 3 nitrogen and oxygen atoms in total. The zero-order valence-corrected chi connectivity index (χ0v) is 16.1. The third kappa shape index (κ3) is 3.60. The number of hydrogen-bond acceptors (Lipinski definition) is 2. The molecular weight excluding hydrogens is 340 g/mol. The molecule has 0 radical (unpaired) electrons. The van der Waals surface area contributed by atoms with Crippen LogP contribution in [0.3, 0.4) is 0 Å². The Morgan fingerprint density at radius 2 is 2.21 bits per heavy atom. The molecule has 3 rings (SSSR count). The number of nitrogens with one attached hydrogen (secondary N) is 2. The van der Waals surface area contributed by atoms with Gasteiger partial charge in [0.25, 0.3) is 0 Å². The van der Waals surface area contributed by atoms with Gasteiger partial charge < -0.3 is 10.6 Å². The van der Waals surface area contributed by atoms with Gasteiger partial charge in [-0.25, -0.2) is 4.79 Å². The van der Waals surface area contributed by atoms with Crippen LogP contribution in [0.4, 0.5) is 4.79 Å². The third-order valence-electron chi connectivity index (χ3n) is 4.65. The summed E-state index contributed by atoms with van der Waals surface area (Å²) in [6.45, 7) is 5.94. The normalized spacial score (nSPS) is 29.3. The van der Waals surface area contributed by atoms with Gasteiger partial charge in [-0.15, -0.1) is 11.8 Å². The van der Waals surface area contributed by atoms with Crippen LogP contribution >= 0.6 is 23.4 Å². The number of rotatable bonds is 1. The number of halogens is 1. The van der Waals surface area contributed by atoms with Gasteiger partial charge in [-0.1, -0.05) is 42.0 Å². The number of thioether (sulfide) groups is 1. The zero-order chi connectivity index (χ0) is 17.4. The molecule has 24 heavy (non-hydrogen) atoms. The van der Waals surface area contributed by atoms with Gasteiger partial charge in [0.2, 0.25) is 0 Å². The van der Waals surface area contributed by atoms with Crippen LogP contribution in [0.15, 0.2) is 45.9 Å². The van der Waals surface area contributed by atoms with E-state index in [-0.39, 0.29) is 23.0 Å². The highest BCUT2D eigenvalue weighted by Crippen LogP contribution is 2.56. The minimum Gasteiger partial charge on any atom is -0.334 e. The van der Waals surface area contributed by atoms with Crippen molar-refractivity contribution in [2.45, 2.75) is 51.6 Å². The summed E-state index contributed by atoms with van der Waals surface area (Å²) in [6.07, 6.45) is 13.8. The zero-order valence-electron chi connectivity index (χ0n) is 14.5. The molecule has 0 aromatic carbocycles. The van der Waals surface area contributed by atoms with Crippen LogP contribution in [-0.4, -0.2) is 23.4 Å². The summed E-state index contributed by atoms with van der Waals surface area (Å²) < 4.78 is 0. The number of urea groups is 1. The topological polar surface area (TPSA) is 41.1 Å². The Labute approximate surface area is 153 Å². The second-order valence-electron chi connectivity index (χ2n) is 7.68. The smallest absolute Gasteiger partial charge is 0.315 e. The van der Waals surface area contributed by atoms with Crippen molar-refractivity contribution in [2.24, 2.45) is 5.41 Å². The lowest BCUT2D eigenvalue weighted by Gasteiger charge is -2.42. The van der Waals surface area contributed by atoms with Crippen LogP contribution in [0.1, 0.15) is 40.0 Å². The van der Waals surface area contributed by atoms with E-state index in [1.165, 1.54) is 10.5 Å². The molecule has 1 spiro atoms. The first-order valence-electron chi connectivity index (χ1n) is 8.47. The Kier molecular flexibility index (Phi) is 4.89. The molecule has 2 amide bonds. The number of allylic oxidation sites excluding steroid dienone is 6. The minimum atomic E-state index is -0.242. The summed E-state index contributed by atoms with van der Waals surface area (Å²) in [5.41, 5.74) is 0.938. The molecule has 2 unspecified atom stereocenters. The molecule has 2 aliphatic carbocycles. The molecule has 1 aliphatic heterocycles. The van der Waals surface area contributed by atoms with Gasteiger partial charge in [-0.05, 0) is 50.5 Å². The summed E-state index contributed by atoms with van der Waals surface area (Å²) in [7, 11) is 0. The summed E-state index contributed by atoms with van der Waals surface area (Å²) >= 11 is 8.50. The standard InChI is InChI=1S/C19H25ClN2OS/c1-18(2,3)22-17(23)21-13-7-10-19-9-5-4-6-16(19)24-11-8-15(20)14(19)12-13/h4-6,8,12-13H,7,9-11H2,1-3H3,(H2,21,22,23). The second-order valence-corrected chi connectivity index (χ2v) is 9.15. The summed E-state index contributed by atoms with van der Waals surface area (Å²) in [5.74, 6) is 0.903. The first-order chi connectivity index (χ1) is 11.3. The number of hydrogen-bond donors (Lipinski definition) is 2. The Bertz CT molecular complexity index is 657. The SMILES string of the molecule is CC(C)(C)NC(=O)NC1C=C2C(Cl)=CCSC3=CC=CCC32CC1. The van der Waals surface area contributed by atoms with E-state index < -0.39 is 0 Å². The number of carbonyl (C=O) groups is 1. The molecule has 0 aromatic heterocycles. The van der Waals surface area contributed by atoms with Crippen LogP contribution in [-0.2, 0) is 0 Å². The molecule has 0 saturated heterocycles. The first-order valence-corrected chi connectivity index (χ1v) is 9.84. The largest absolute Gasteiger partial charge is 0.334 e. The molecule has 1 heterocycles. The molecule has 2 atom stereocenters. The molecule has 0 fully saturated rings. The highest BCUT2D eigenvalue weighted by Gasteiger charge is 2.43. The van der Waals surface area contributed by atoms with Gasteiger partial charge >= 0.3 is 6.03 Å². The van der Waals surface area contributed by atoms with Crippen molar-refractivity contribution in [3.05, 3.63) is 45.9 Å². The van der Waals surface area contributed by atoms with E-state index in [4.69, 9.17) is 11.6 Å². The maximum absolute atomic E-state index is 12.2. The fourth-order valence-electron chi connectivity index (χ4n) is 3.60. The molecule has 0 bridgehead atoms. The molecule has 130 valence electrons. The fourth-order valence-corrected chi connectivity index (χ4v) is 5.19. The minimum absolute atomic E-state index is 0.00217. The monoisotopic (exact) mass is 364 g/mol. The van der Waals surface area contributed by atoms with E-state index in [0.29, 0.717) is 0 Å². The van der Waals surface area contributed by atoms with E-state index in [1.807, 2.05) is 32.5 Å². The van der Waals surface area contributed by atoms with Crippen LogP contribution in [0.5, 0.6) is 0 Å². The van der Waals surface area contributed by atoms with Gasteiger partial charge in [0.1, 0.15) is 0 Å². The lowest BCUT2D eigenvalue weighted by molar-refractivity contribution is 0.227.